The Morgan fingerprint density at radius 1 is 1.26 bits per heavy atom. The van der Waals surface area contributed by atoms with Crippen molar-refractivity contribution in [1.29, 1.82) is 0 Å². The Balaban J connectivity index is 1.79. The molecule has 2 N–H and O–H groups in total. The molecule has 0 radical (unpaired) electrons. The Morgan fingerprint density at radius 2 is 1.95 bits per heavy atom. The van der Waals surface area contributed by atoms with E-state index in [1.807, 2.05) is 7.05 Å². The van der Waals surface area contributed by atoms with E-state index in [9.17, 15) is 5.11 Å². The molecular weight excluding hydrogens is 236 g/mol. The lowest BCUT2D eigenvalue weighted by molar-refractivity contribution is -0.0182. The highest BCUT2D eigenvalue weighted by Gasteiger charge is 2.31. The van der Waals surface area contributed by atoms with Crippen LogP contribution >= 0.6 is 0 Å². The average Bonchev–Trinajstić information content (AvgIpc) is 2.40. The summed E-state index contributed by atoms with van der Waals surface area (Å²) in [5, 5.41) is 13.4. The molecule has 1 aromatic carbocycles. The molecule has 0 saturated carbocycles. The van der Waals surface area contributed by atoms with Gasteiger partial charge in [0.1, 0.15) is 0 Å². The van der Waals surface area contributed by atoms with E-state index < -0.39 is 5.60 Å². The quantitative estimate of drug-likeness (QED) is 0.846. The fraction of sp³-hybridized carbons (Fsp3) is 0.625. The van der Waals surface area contributed by atoms with Gasteiger partial charge in [-0.2, -0.15) is 0 Å². The Bertz CT molecular complexity index is 397. The zero-order valence-corrected chi connectivity index (χ0v) is 12.2. The van der Waals surface area contributed by atoms with Crippen LogP contribution in [0, 0.1) is 6.92 Å². The van der Waals surface area contributed by atoms with Crippen LogP contribution in [0.2, 0.25) is 0 Å². The van der Waals surface area contributed by atoms with E-state index in [0.29, 0.717) is 6.54 Å². The van der Waals surface area contributed by atoms with Crippen LogP contribution in [-0.4, -0.2) is 48.8 Å². The largest absolute Gasteiger partial charge is 0.388 e. The minimum atomic E-state index is -0.492. The summed E-state index contributed by atoms with van der Waals surface area (Å²) in [5.41, 5.74) is 2.33. The highest BCUT2D eigenvalue weighted by molar-refractivity contribution is 5.25. The van der Waals surface area contributed by atoms with Crippen LogP contribution in [0.15, 0.2) is 24.3 Å². The van der Waals surface area contributed by atoms with Crippen molar-refractivity contribution in [2.24, 2.45) is 0 Å². The monoisotopic (exact) mass is 262 g/mol. The van der Waals surface area contributed by atoms with Crippen LogP contribution in [-0.2, 0) is 6.42 Å². The van der Waals surface area contributed by atoms with Gasteiger partial charge in [-0.05, 0) is 44.4 Å². The zero-order chi connectivity index (χ0) is 13.7. The van der Waals surface area contributed by atoms with Gasteiger partial charge in [-0.25, -0.2) is 0 Å². The molecule has 0 amide bonds. The normalized spacial score (nSPS) is 19.5. The summed E-state index contributed by atoms with van der Waals surface area (Å²) in [7, 11) is 1.91. The molecule has 1 aromatic rings. The van der Waals surface area contributed by atoms with E-state index in [4.69, 9.17) is 0 Å². The molecule has 0 bridgehead atoms. The number of benzene rings is 1. The van der Waals surface area contributed by atoms with Gasteiger partial charge in [-0.3, -0.25) is 0 Å². The minimum Gasteiger partial charge on any atom is -0.388 e. The maximum Gasteiger partial charge on any atom is 0.0795 e. The van der Waals surface area contributed by atoms with Gasteiger partial charge in [0.15, 0.2) is 0 Å². The molecule has 0 atom stereocenters. The Morgan fingerprint density at radius 3 is 2.58 bits per heavy atom. The highest BCUT2D eigenvalue weighted by Crippen LogP contribution is 2.21. The van der Waals surface area contributed by atoms with Gasteiger partial charge in [-0.1, -0.05) is 24.3 Å². The lowest BCUT2D eigenvalue weighted by Gasteiger charge is -2.38. The summed E-state index contributed by atoms with van der Waals surface area (Å²) < 4.78 is 0. The van der Waals surface area contributed by atoms with Crippen molar-refractivity contribution in [3.63, 3.8) is 0 Å². The predicted molar refractivity (Wildman–Crippen MR) is 79.4 cm³/mol. The van der Waals surface area contributed by atoms with Crippen LogP contribution in [0.5, 0.6) is 0 Å². The number of nitrogens with zero attached hydrogens (tertiary/aromatic N) is 1. The molecule has 0 aliphatic carbocycles. The fourth-order valence-corrected chi connectivity index (χ4v) is 2.87. The first-order chi connectivity index (χ1) is 9.13. The Hall–Kier alpha value is -0.900. The molecule has 1 aliphatic rings. The second-order valence-corrected chi connectivity index (χ2v) is 5.77. The van der Waals surface area contributed by atoms with E-state index in [2.05, 4.69) is 41.4 Å². The second kappa shape index (κ2) is 6.51. The summed E-state index contributed by atoms with van der Waals surface area (Å²) in [5.74, 6) is 0. The van der Waals surface area contributed by atoms with Gasteiger partial charge in [-0.15, -0.1) is 0 Å². The molecule has 1 saturated heterocycles. The Kier molecular flexibility index (Phi) is 4.97. The first kappa shape index (κ1) is 14.5. The van der Waals surface area contributed by atoms with E-state index in [1.54, 1.807) is 0 Å². The van der Waals surface area contributed by atoms with Crippen LogP contribution in [0.4, 0.5) is 0 Å². The van der Waals surface area contributed by atoms with Crippen molar-refractivity contribution in [1.82, 2.24) is 10.2 Å². The van der Waals surface area contributed by atoms with Crippen molar-refractivity contribution in [2.45, 2.75) is 31.8 Å². The molecule has 1 fully saturated rings. The summed E-state index contributed by atoms with van der Waals surface area (Å²) in [4.78, 5) is 2.47. The number of hydrogen-bond acceptors (Lipinski definition) is 3. The number of piperidine rings is 1. The van der Waals surface area contributed by atoms with E-state index >= 15 is 0 Å². The predicted octanol–water partition coefficient (Wildman–Crippen LogP) is 1.58. The number of rotatable bonds is 5. The fourth-order valence-electron chi connectivity index (χ4n) is 2.87. The van der Waals surface area contributed by atoms with Gasteiger partial charge >= 0.3 is 0 Å². The van der Waals surface area contributed by atoms with Gasteiger partial charge in [0.05, 0.1) is 5.60 Å². The van der Waals surface area contributed by atoms with E-state index in [-0.39, 0.29) is 0 Å². The second-order valence-electron chi connectivity index (χ2n) is 5.77. The number of aryl methyl sites for hydroxylation is 1. The van der Waals surface area contributed by atoms with Gasteiger partial charge in [0.25, 0.3) is 0 Å². The molecule has 0 aromatic heterocycles. The lowest BCUT2D eigenvalue weighted by Crippen LogP contribution is -2.49. The molecule has 1 aliphatic heterocycles. The molecule has 3 nitrogen and oxygen atoms in total. The summed E-state index contributed by atoms with van der Waals surface area (Å²) >= 11 is 0. The van der Waals surface area contributed by atoms with Crippen LogP contribution < -0.4 is 5.32 Å². The molecule has 3 heteroatoms. The number of aliphatic hydroxyl groups is 1. The molecule has 0 spiro atoms. The van der Waals surface area contributed by atoms with Crippen molar-refractivity contribution in [3.05, 3.63) is 35.4 Å². The summed E-state index contributed by atoms with van der Waals surface area (Å²) in [6.45, 7) is 5.99. The molecule has 2 rings (SSSR count). The third-order valence-electron chi connectivity index (χ3n) is 4.25. The molecular formula is C16H26N2O. The highest BCUT2D eigenvalue weighted by atomic mass is 16.3. The van der Waals surface area contributed by atoms with Gasteiger partial charge < -0.3 is 15.3 Å². The number of hydrogen-bond donors (Lipinski definition) is 2. The number of nitrogens with one attached hydrogen (secondary N) is 1. The minimum absolute atomic E-state index is 0.492. The van der Waals surface area contributed by atoms with Crippen molar-refractivity contribution in [3.8, 4) is 0 Å². The number of likely N-dealkylation sites (tertiary alicyclic amines) is 1. The molecule has 19 heavy (non-hydrogen) atoms. The Labute approximate surface area is 116 Å². The lowest BCUT2D eigenvalue weighted by atomic mass is 9.91. The maximum absolute atomic E-state index is 10.3. The molecule has 0 unspecified atom stereocenters. The van der Waals surface area contributed by atoms with Crippen molar-refractivity contribution >= 4 is 0 Å². The number of likely N-dealkylation sites (N-methyl/N-ethyl adjacent to an activating group) is 1. The van der Waals surface area contributed by atoms with Crippen LogP contribution in [0.25, 0.3) is 0 Å². The third kappa shape index (κ3) is 4.03. The SMILES string of the molecule is CNCC1(O)CCN(CCc2ccccc2C)CC1. The summed E-state index contributed by atoms with van der Waals surface area (Å²) in [6.07, 6.45) is 2.86. The molecule has 106 valence electrons. The van der Waals surface area contributed by atoms with Crippen molar-refractivity contribution in [2.75, 3.05) is 33.2 Å². The van der Waals surface area contributed by atoms with E-state index in [1.165, 1.54) is 11.1 Å². The van der Waals surface area contributed by atoms with Crippen LogP contribution in [0.3, 0.4) is 0 Å². The van der Waals surface area contributed by atoms with E-state index in [0.717, 1.165) is 38.9 Å². The first-order valence-corrected chi connectivity index (χ1v) is 7.27. The van der Waals surface area contributed by atoms with Gasteiger partial charge in [0, 0.05) is 26.2 Å². The standard InChI is InChI=1S/C16H26N2O/c1-14-5-3-4-6-15(14)7-10-18-11-8-16(19,9-12-18)13-17-2/h3-6,17,19H,7-13H2,1-2H3. The smallest absolute Gasteiger partial charge is 0.0795 e. The zero-order valence-electron chi connectivity index (χ0n) is 12.2. The van der Waals surface area contributed by atoms with Crippen LogP contribution in [0.1, 0.15) is 24.0 Å². The van der Waals surface area contributed by atoms with Crippen molar-refractivity contribution < 1.29 is 5.11 Å². The topological polar surface area (TPSA) is 35.5 Å². The third-order valence-corrected chi connectivity index (χ3v) is 4.25. The summed E-state index contributed by atoms with van der Waals surface area (Å²) in [6, 6.07) is 8.61. The first-order valence-electron chi connectivity index (χ1n) is 7.27. The van der Waals surface area contributed by atoms with Gasteiger partial charge in [0.2, 0.25) is 0 Å². The average molecular weight is 262 g/mol. The molecule has 1 heterocycles. The maximum atomic E-state index is 10.3.